The molecule has 0 aromatic rings. The molecule has 0 radical (unpaired) electrons. The van der Waals surface area contributed by atoms with Crippen molar-refractivity contribution in [3.8, 4) is 0 Å². The standard InChI is InChI=1S/C8H15ClOSi/c1-11(2,3)10-8-6-4-5-7(8)9/h6-7H,4-5H2,1-3H3. The second-order valence-corrected chi connectivity index (χ2v) is 8.82. The molecule has 0 bridgehead atoms. The second-order valence-electron chi connectivity index (χ2n) is 3.87. The lowest BCUT2D eigenvalue weighted by atomic mass is 10.3. The number of rotatable bonds is 2. The first-order valence-corrected chi connectivity index (χ1v) is 7.86. The van der Waals surface area contributed by atoms with Crippen molar-refractivity contribution in [2.75, 3.05) is 0 Å². The fraction of sp³-hybridized carbons (Fsp3) is 0.750. The van der Waals surface area contributed by atoms with Crippen molar-refractivity contribution in [1.29, 1.82) is 0 Å². The van der Waals surface area contributed by atoms with E-state index in [9.17, 15) is 0 Å². The van der Waals surface area contributed by atoms with Gasteiger partial charge in [0.15, 0.2) is 0 Å². The predicted octanol–water partition coefficient (Wildman–Crippen LogP) is 3.12. The van der Waals surface area contributed by atoms with Crippen molar-refractivity contribution in [2.45, 2.75) is 37.9 Å². The summed E-state index contributed by atoms with van der Waals surface area (Å²) in [6.45, 7) is 6.53. The third-order valence-electron chi connectivity index (χ3n) is 1.50. The van der Waals surface area contributed by atoms with Gasteiger partial charge < -0.3 is 4.43 Å². The van der Waals surface area contributed by atoms with E-state index in [1.54, 1.807) is 0 Å². The van der Waals surface area contributed by atoms with Gasteiger partial charge in [-0.25, -0.2) is 0 Å². The number of alkyl halides is 1. The molecule has 11 heavy (non-hydrogen) atoms. The lowest BCUT2D eigenvalue weighted by Crippen LogP contribution is -2.26. The van der Waals surface area contributed by atoms with Gasteiger partial charge in [0.05, 0.1) is 11.1 Å². The summed E-state index contributed by atoms with van der Waals surface area (Å²) >= 11 is 6.01. The van der Waals surface area contributed by atoms with E-state index in [1.165, 1.54) is 0 Å². The SMILES string of the molecule is C[Si](C)(C)OC1=CCCC1Cl. The van der Waals surface area contributed by atoms with Gasteiger partial charge in [0.1, 0.15) is 0 Å². The van der Waals surface area contributed by atoms with Crippen molar-refractivity contribution in [2.24, 2.45) is 0 Å². The molecule has 1 aliphatic rings. The molecule has 0 saturated carbocycles. The molecule has 0 fully saturated rings. The van der Waals surface area contributed by atoms with Gasteiger partial charge in [0.2, 0.25) is 8.32 Å². The fourth-order valence-electron chi connectivity index (χ4n) is 1.10. The van der Waals surface area contributed by atoms with Gasteiger partial charge in [0.25, 0.3) is 0 Å². The highest BCUT2D eigenvalue weighted by Crippen LogP contribution is 2.27. The molecule has 0 saturated heterocycles. The van der Waals surface area contributed by atoms with E-state index in [0.29, 0.717) is 0 Å². The van der Waals surface area contributed by atoms with Crippen LogP contribution < -0.4 is 0 Å². The lowest BCUT2D eigenvalue weighted by Gasteiger charge is -2.21. The zero-order chi connectivity index (χ0) is 8.48. The first-order chi connectivity index (χ1) is 4.99. The van der Waals surface area contributed by atoms with Crippen molar-refractivity contribution >= 4 is 19.9 Å². The highest BCUT2D eigenvalue weighted by molar-refractivity contribution is 6.70. The minimum Gasteiger partial charge on any atom is -0.546 e. The summed E-state index contributed by atoms with van der Waals surface area (Å²) in [5.41, 5.74) is 0. The van der Waals surface area contributed by atoms with E-state index < -0.39 is 8.32 Å². The topological polar surface area (TPSA) is 9.23 Å². The van der Waals surface area contributed by atoms with Crippen LogP contribution in [0.3, 0.4) is 0 Å². The Kier molecular flexibility index (Phi) is 2.65. The summed E-state index contributed by atoms with van der Waals surface area (Å²) < 4.78 is 5.78. The van der Waals surface area contributed by atoms with E-state index in [0.717, 1.165) is 18.6 Å². The van der Waals surface area contributed by atoms with Crippen LogP contribution >= 0.6 is 11.6 Å². The summed E-state index contributed by atoms with van der Waals surface area (Å²) in [5.74, 6) is 1.02. The molecule has 0 N–H and O–H groups in total. The van der Waals surface area contributed by atoms with E-state index >= 15 is 0 Å². The molecule has 0 aliphatic heterocycles. The third-order valence-corrected chi connectivity index (χ3v) is 2.78. The van der Waals surface area contributed by atoms with Gasteiger partial charge in [-0.15, -0.1) is 11.6 Å². The van der Waals surface area contributed by atoms with Crippen LogP contribution in [0.15, 0.2) is 11.8 Å². The van der Waals surface area contributed by atoms with Gasteiger partial charge in [-0.3, -0.25) is 0 Å². The monoisotopic (exact) mass is 190 g/mol. The molecule has 1 nitrogen and oxygen atoms in total. The molecule has 3 heteroatoms. The lowest BCUT2D eigenvalue weighted by molar-refractivity contribution is 0.410. The van der Waals surface area contributed by atoms with Gasteiger partial charge >= 0.3 is 0 Å². The van der Waals surface area contributed by atoms with Gasteiger partial charge in [-0.2, -0.15) is 0 Å². The van der Waals surface area contributed by atoms with Crippen LogP contribution in [-0.4, -0.2) is 13.7 Å². The molecule has 0 heterocycles. The van der Waals surface area contributed by atoms with Gasteiger partial charge in [-0.05, 0) is 38.6 Å². The van der Waals surface area contributed by atoms with Crippen molar-refractivity contribution < 1.29 is 4.43 Å². The predicted molar refractivity (Wildman–Crippen MR) is 51.4 cm³/mol. The number of halogens is 1. The fourth-order valence-corrected chi connectivity index (χ4v) is 2.37. The number of hydrogen-bond acceptors (Lipinski definition) is 1. The normalized spacial score (nSPS) is 25.1. The van der Waals surface area contributed by atoms with E-state index in [2.05, 4.69) is 25.7 Å². The van der Waals surface area contributed by atoms with Crippen molar-refractivity contribution in [1.82, 2.24) is 0 Å². The third kappa shape index (κ3) is 2.87. The van der Waals surface area contributed by atoms with E-state index in [1.807, 2.05) is 0 Å². The molecule has 1 aliphatic carbocycles. The summed E-state index contributed by atoms with van der Waals surface area (Å²) in [6, 6.07) is 0. The molecule has 0 aromatic carbocycles. The summed E-state index contributed by atoms with van der Waals surface area (Å²) in [7, 11) is -1.42. The molecular formula is C8H15ClOSi. The molecule has 1 atom stereocenters. The Bertz CT molecular complexity index is 171. The Labute approximate surface area is 74.5 Å². The van der Waals surface area contributed by atoms with E-state index in [-0.39, 0.29) is 5.38 Å². The summed E-state index contributed by atoms with van der Waals surface area (Å²) in [6.07, 6.45) is 4.24. The molecule has 1 rings (SSSR count). The van der Waals surface area contributed by atoms with Crippen molar-refractivity contribution in [3.05, 3.63) is 11.8 Å². The van der Waals surface area contributed by atoms with Crippen LogP contribution in [0.25, 0.3) is 0 Å². The summed E-state index contributed by atoms with van der Waals surface area (Å²) in [5, 5.41) is 0.140. The maximum atomic E-state index is 6.01. The van der Waals surface area contributed by atoms with Crippen molar-refractivity contribution in [3.63, 3.8) is 0 Å². The zero-order valence-electron chi connectivity index (χ0n) is 7.36. The highest BCUT2D eigenvalue weighted by atomic mass is 35.5. The van der Waals surface area contributed by atoms with Gasteiger partial charge in [0, 0.05) is 0 Å². The number of allylic oxidation sites excluding steroid dienone is 2. The zero-order valence-corrected chi connectivity index (χ0v) is 9.11. The molecule has 1 unspecified atom stereocenters. The van der Waals surface area contributed by atoms with Crippen LogP contribution in [0.4, 0.5) is 0 Å². The van der Waals surface area contributed by atoms with Crippen LogP contribution in [0.5, 0.6) is 0 Å². The first kappa shape index (κ1) is 9.14. The minimum absolute atomic E-state index is 0.140. The Morgan fingerprint density at radius 3 is 2.55 bits per heavy atom. The average molecular weight is 191 g/mol. The first-order valence-electron chi connectivity index (χ1n) is 4.02. The van der Waals surface area contributed by atoms with Crippen LogP contribution in [0.1, 0.15) is 12.8 Å². The molecule has 0 spiro atoms. The Morgan fingerprint density at radius 1 is 1.55 bits per heavy atom. The number of hydrogen-bond donors (Lipinski definition) is 0. The second kappa shape index (κ2) is 3.19. The molecule has 0 aromatic heterocycles. The highest BCUT2D eigenvalue weighted by Gasteiger charge is 2.24. The maximum Gasteiger partial charge on any atom is 0.241 e. The van der Waals surface area contributed by atoms with Crippen LogP contribution in [-0.2, 0) is 4.43 Å². The minimum atomic E-state index is -1.42. The smallest absolute Gasteiger partial charge is 0.241 e. The maximum absolute atomic E-state index is 6.01. The van der Waals surface area contributed by atoms with E-state index in [4.69, 9.17) is 16.0 Å². The average Bonchev–Trinajstić information content (AvgIpc) is 2.12. The molecule has 64 valence electrons. The molecular weight excluding hydrogens is 176 g/mol. The van der Waals surface area contributed by atoms with Crippen LogP contribution in [0.2, 0.25) is 19.6 Å². The Balaban J connectivity index is 2.49. The van der Waals surface area contributed by atoms with Gasteiger partial charge in [-0.1, -0.05) is 0 Å². The quantitative estimate of drug-likeness (QED) is 0.480. The summed E-state index contributed by atoms with van der Waals surface area (Å²) in [4.78, 5) is 0. The van der Waals surface area contributed by atoms with Crippen LogP contribution in [0, 0.1) is 0 Å². The molecule has 0 amide bonds. The Hall–Kier alpha value is 0.0469. The Morgan fingerprint density at radius 2 is 2.18 bits per heavy atom. The largest absolute Gasteiger partial charge is 0.546 e.